The van der Waals surface area contributed by atoms with E-state index in [-0.39, 0.29) is 0 Å². The number of aromatic amines is 1. The van der Waals surface area contributed by atoms with E-state index in [1.165, 1.54) is 5.39 Å². The van der Waals surface area contributed by atoms with Crippen LogP contribution in [0.25, 0.3) is 10.9 Å². The highest BCUT2D eigenvalue weighted by atomic mass is 14.9. The number of anilines is 1. The summed E-state index contributed by atoms with van der Waals surface area (Å²) in [6.07, 6.45) is 3.91. The van der Waals surface area contributed by atoms with Gasteiger partial charge in [-0.05, 0) is 35.9 Å². The molecule has 2 N–H and O–H groups in total. The number of hydrogen-bond donors (Lipinski definition) is 2. The van der Waals surface area contributed by atoms with Gasteiger partial charge in [0.05, 0.1) is 0 Å². The molecule has 2 aromatic heterocycles. The van der Waals surface area contributed by atoms with Gasteiger partial charge in [0.15, 0.2) is 0 Å². The van der Waals surface area contributed by atoms with E-state index in [9.17, 15) is 0 Å². The van der Waals surface area contributed by atoms with Gasteiger partial charge in [-0.1, -0.05) is 0 Å². The second-order valence-corrected chi connectivity index (χ2v) is 4.59. The van der Waals surface area contributed by atoms with Crippen molar-refractivity contribution >= 4 is 16.6 Å². The lowest BCUT2D eigenvalue weighted by atomic mass is 10.2. The van der Waals surface area contributed by atoms with Gasteiger partial charge >= 0.3 is 0 Å². The number of hydrogen-bond acceptors (Lipinski definition) is 2. The van der Waals surface area contributed by atoms with E-state index >= 15 is 0 Å². The van der Waals surface area contributed by atoms with Gasteiger partial charge in [-0.2, -0.15) is 5.26 Å². The van der Waals surface area contributed by atoms with Crippen LogP contribution in [0.1, 0.15) is 11.3 Å². The van der Waals surface area contributed by atoms with E-state index in [1.54, 1.807) is 0 Å². The Kier molecular flexibility index (Phi) is 2.73. The highest BCUT2D eigenvalue weighted by Gasteiger charge is 2.02. The summed E-state index contributed by atoms with van der Waals surface area (Å²) in [6, 6.07) is 12.3. The van der Waals surface area contributed by atoms with Gasteiger partial charge in [-0.25, -0.2) is 0 Å². The van der Waals surface area contributed by atoms with Crippen LogP contribution in [-0.4, -0.2) is 9.55 Å². The fraction of sp³-hybridized carbons (Fsp3) is 0.133. The summed E-state index contributed by atoms with van der Waals surface area (Å²) in [5, 5.41) is 13.5. The van der Waals surface area contributed by atoms with Crippen LogP contribution in [0, 0.1) is 11.3 Å². The van der Waals surface area contributed by atoms with Crippen molar-refractivity contribution < 1.29 is 0 Å². The first-order valence-electron chi connectivity index (χ1n) is 6.12. The van der Waals surface area contributed by atoms with Crippen LogP contribution < -0.4 is 5.32 Å². The highest BCUT2D eigenvalue weighted by Crippen LogP contribution is 2.18. The fourth-order valence-corrected chi connectivity index (χ4v) is 2.21. The normalized spacial score (nSPS) is 10.5. The number of aromatic nitrogens is 2. The summed E-state index contributed by atoms with van der Waals surface area (Å²) in [4.78, 5) is 3.17. The topological polar surface area (TPSA) is 56.5 Å². The predicted molar refractivity (Wildman–Crippen MR) is 75.8 cm³/mol. The van der Waals surface area contributed by atoms with Crippen LogP contribution in [0.4, 0.5) is 5.69 Å². The molecular weight excluding hydrogens is 236 g/mol. The van der Waals surface area contributed by atoms with Crippen molar-refractivity contribution in [3.8, 4) is 6.07 Å². The third-order valence-corrected chi connectivity index (χ3v) is 3.23. The van der Waals surface area contributed by atoms with Crippen molar-refractivity contribution in [3.63, 3.8) is 0 Å². The lowest BCUT2D eigenvalue weighted by Crippen LogP contribution is -1.97. The van der Waals surface area contributed by atoms with Crippen LogP contribution in [0.5, 0.6) is 0 Å². The lowest BCUT2D eigenvalue weighted by molar-refractivity contribution is 0.902. The Morgan fingerprint density at radius 2 is 2.21 bits per heavy atom. The number of rotatable bonds is 3. The van der Waals surface area contributed by atoms with E-state index < -0.39 is 0 Å². The molecule has 0 atom stereocenters. The van der Waals surface area contributed by atoms with Gasteiger partial charge in [-0.3, -0.25) is 0 Å². The van der Waals surface area contributed by atoms with Gasteiger partial charge in [0.2, 0.25) is 0 Å². The minimum atomic E-state index is 0.679. The van der Waals surface area contributed by atoms with Crippen molar-refractivity contribution in [2.45, 2.75) is 6.54 Å². The molecule has 19 heavy (non-hydrogen) atoms. The predicted octanol–water partition coefficient (Wildman–Crippen LogP) is 2.99. The van der Waals surface area contributed by atoms with Gasteiger partial charge in [0, 0.05) is 42.6 Å². The SMILES string of the molecule is Cn1cc(CNc2ccc3[nH]ccc3c2)cc1C#N. The third kappa shape index (κ3) is 2.18. The number of aryl methyl sites for hydroxylation is 1. The number of benzene rings is 1. The van der Waals surface area contributed by atoms with E-state index in [1.807, 2.05) is 36.1 Å². The minimum Gasteiger partial charge on any atom is -0.381 e. The Balaban J connectivity index is 1.76. The first-order chi connectivity index (χ1) is 9.26. The molecular formula is C15H14N4. The van der Waals surface area contributed by atoms with Gasteiger partial charge in [-0.15, -0.1) is 0 Å². The van der Waals surface area contributed by atoms with Gasteiger partial charge in [0.1, 0.15) is 11.8 Å². The van der Waals surface area contributed by atoms with Crippen LogP contribution in [0.2, 0.25) is 0 Å². The maximum Gasteiger partial charge on any atom is 0.120 e. The lowest BCUT2D eigenvalue weighted by Gasteiger charge is -2.04. The number of fused-ring (bicyclic) bond motifs is 1. The number of nitrogens with zero attached hydrogens (tertiary/aromatic N) is 2. The largest absolute Gasteiger partial charge is 0.381 e. The maximum absolute atomic E-state index is 8.92. The first-order valence-corrected chi connectivity index (χ1v) is 6.12. The smallest absolute Gasteiger partial charge is 0.120 e. The van der Waals surface area contributed by atoms with Crippen molar-refractivity contribution in [2.24, 2.45) is 7.05 Å². The van der Waals surface area contributed by atoms with Crippen LogP contribution >= 0.6 is 0 Å². The van der Waals surface area contributed by atoms with E-state index in [2.05, 4.69) is 34.6 Å². The minimum absolute atomic E-state index is 0.679. The first kappa shape index (κ1) is 11.4. The standard InChI is InChI=1S/C15H14N4/c1-19-10-11(6-14(19)8-16)9-18-13-2-3-15-12(7-13)4-5-17-15/h2-7,10,17-18H,9H2,1H3. The van der Waals surface area contributed by atoms with E-state index in [0.717, 1.165) is 16.8 Å². The number of nitrogens with one attached hydrogen (secondary N) is 2. The maximum atomic E-state index is 8.92. The zero-order chi connectivity index (χ0) is 13.2. The summed E-state index contributed by atoms with van der Waals surface area (Å²) in [5.41, 5.74) is 4.00. The molecule has 1 aromatic carbocycles. The van der Waals surface area contributed by atoms with Crippen molar-refractivity contribution in [1.29, 1.82) is 5.26 Å². The highest BCUT2D eigenvalue weighted by molar-refractivity contribution is 5.82. The molecule has 0 bridgehead atoms. The molecule has 4 nitrogen and oxygen atoms in total. The molecule has 0 saturated heterocycles. The molecule has 3 aromatic rings. The molecule has 0 aliphatic heterocycles. The Hall–Kier alpha value is -2.67. The molecule has 0 spiro atoms. The molecule has 0 saturated carbocycles. The Labute approximate surface area is 111 Å². The fourth-order valence-electron chi connectivity index (χ4n) is 2.21. The summed E-state index contributed by atoms with van der Waals surface area (Å²) in [6.45, 7) is 0.714. The zero-order valence-electron chi connectivity index (χ0n) is 10.6. The molecule has 0 aliphatic rings. The van der Waals surface area contributed by atoms with Crippen LogP contribution in [0.15, 0.2) is 42.7 Å². The zero-order valence-corrected chi connectivity index (χ0v) is 10.6. The molecule has 0 fully saturated rings. The second-order valence-electron chi connectivity index (χ2n) is 4.59. The molecule has 4 heteroatoms. The number of H-pyrrole nitrogens is 1. The Bertz CT molecular complexity index is 758. The molecule has 0 unspecified atom stereocenters. The van der Waals surface area contributed by atoms with Crippen LogP contribution in [-0.2, 0) is 13.6 Å². The van der Waals surface area contributed by atoms with Crippen molar-refractivity contribution in [1.82, 2.24) is 9.55 Å². The average Bonchev–Trinajstić information content (AvgIpc) is 3.01. The van der Waals surface area contributed by atoms with Gasteiger partial charge in [0.25, 0.3) is 0 Å². The Morgan fingerprint density at radius 1 is 1.32 bits per heavy atom. The summed E-state index contributed by atoms with van der Waals surface area (Å²) in [5.74, 6) is 0. The number of nitriles is 1. The molecule has 0 radical (unpaired) electrons. The molecule has 2 heterocycles. The van der Waals surface area contributed by atoms with Crippen molar-refractivity contribution in [2.75, 3.05) is 5.32 Å². The average molecular weight is 250 g/mol. The summed E-state index contributed by atoms with van der Waals surface area (Å²) in [7, 11) is 1.88. The monoisotopic (exact) mass is 250 g/mol. The third-order valence-electron chi connectivity index (χ3n) is 3.23. The molecule has 3 rings (SSSR count). The molecule has 94 valence electrons. The summed E-state index contributed by atoms with van der Waals surface area (Å²) >= 11 is 0. The summed E-state index contributed by atoms with van der Waals surface area (Å²) < 4.78 is 1.84. The van der Waals surface area contributed by atoms with E-state index in [0.29, 0.717) is 12.2 Å². The quantitative estimate of drug-likeness (QED) is 0.750. The van der Waals surface area contributed by atoms with Crippen molar-refractivity contribution in [3.05, 3.63) is 54.0 Å². The van der Waals surface area contributed by atoms with Crippen LogP contribution in [0.3, 0.4) is 0 Å². The Morgan fingerprint density at radius 3 is 3.00 bits per heavy atom. The second kappa shape index (κ2) is 4.54. The molecule has 0 aliphatic carbocycles. The van der Waals surface area contributed by atoms with E-state index in [4.69, 9.17) is 5.26 Å². The molecule has 0 amide bonds. The van der Waals surface area contributed by atoms with Gasteiger partial charge < -0.3 is 14.9 Å².